The van der Waals surface area contributed by atoms with Gasteiger partial charge in [-0.05, 0) is 57.1 Å². The number of nitrogens with zero attached hydrogens (tertiary/aromatic N) is 3. The molecule has 2 heterocycles. The monoisotopic (exact) mass is 583 g/mol. The molecule has 0 bridgehead atoms. The zero-order valence-corrected chi connectivity index (χ0v) is 25.0. The molecule has 4 rings (SSSR count). The van der Waals surface area contributed by atoms with Crippen LogP contribution in [-0.4, -0.2) is 44.4 Å². The number of amides is 2. The summed E-state index contributed by atoms with van der Waals surface area (Å²) < 4.78 is 7.30. The number of carbonyl (C=O) groups is 3. The van der Waals surface area contributed by atoms with Crippen molar-refractivity contribution in [1.29, 1.82) is 0 Å². The van der Waals surface area contributed by atoms with E-state index in [-0.39, 0.29) is 30.9 Å². The molecular weight excluding hydrogens is 546 g/mol. The summed E-state index contributed by atoms with van der Waals surface area (Å²) in [4.78, 5) is 39.7. The summed E-state index contributed by atoms with van der Waals surface area (Å²) in [5, 5.41) is 15.3. The highest BCUT2D eigenvalue weighted by Gasteiger charge is 2.29. The third-order valence-corrected chi connectivity index (χ3v) is 9.01. The molecule has 0 spiro atoms. The van der Waals surface area contributed by atoms with Crippen LogP contribution in [0.1, 0.15) is 78.6 Å². The maximum atomic E-state index is 13.3. The van der Waals surface area contributed by atoms with Crippen molar-refractivity contribution in [2.75, 3.05) is 11.9 Å². The molecule has 0 saturated heterocycles. The molecule has 0 saturated carbocycles. The van der Waals surface area contributed by atoms with Crippen molar-refractivity contribution in [3.63, 3.8) is 0 Å². The lowest BCUT2D eigenvalue weighted by Gasteiger charge is -2.14. The number of unbranched alkanes of at least 4 members (excludes halogenated alkanes) is 1. The van der Waals surface area contributed by atoms with Gasteiger partial charge >= 0.3 is 5.97 Å². The summed E-state index contributed by atoms with van der Waals surface area (Å²) in [5.74, 6) is -0.0255. The van der Waals surface area contributed by atoms with E-state index in [0.29, 0.717) is 34.5 Å². The van der Waals surface area contributed by atoms with Crippen molar-refractivity contribution in [3.05, 3.63) is 57.7 Å². The van der Waals surface area contributed by atoms with Crippen molar-refractivity contribution >= 4 is 45.9 Å². The predicted molar refractivity (Wildman–Crippen MR) is 158 cm³/mol. The Morgan fingerprint density at radius 2 is 1.90 bits per heavy atom. The van der Waals surface area contributed by atoms with Crippen molar-refractivity contribution in [1.82, 2.24) is 20.1 Å². The third kappa shape index (κ3) is 7.51. The Hall–Kier alpha value is -3.18. The summed E-state index contributed by atoms with van der Waals surface area (Å²) >= 11 is 2.80. The highest BCUT2D eigenvalue weighted by Crippen LogP contribution is 2.39. The zero-order chi connectivity index (χ0) is 28.5. The van der Waals surface area contributed by atoms with E-state index in [9.17, 15) is 14.4 Å². The van der Waals surface area contributed by atoms with E-state index in [4.69, 9.17) is 4.74 Å². The summed E-state index contributed by atoms with van der Waals surface area (Å²) in [7, 11) is 0. The molecule has 2 aromatic heterocycles. The molecule has 11 heteroatoms. The van der Waals surface area contributed by atoms with E-state index in [0.717, 1.165) is 54.5 Å². The van der Waals surface area contributed by atoms with Crippen LogP contribution >= 0.6 is 23.1 Å². The van der Waals surface area contributed by atoms with E-state index in [1.54, 1.807) is 6.92 Å². The fraction of sp³-hybridized carbons (Fsp3) is 0.483. The molecule has 3 aromatic rings. The Bertz CT molecular complexity index is 1320. The number of thioether (sulfide) groups is 1. The molecular formula is C29H37N5O4S2. The number of hydrogen-bond donors (Lipinski definition) is 2. The second-order valence-electron chi connectivity index (χ2n) is 9.73. The first kappa shape index (κ1) is 29.8. The van der Waals surface area contributed by atoms with Gasteiger partial charge in [0, 0.05) is 11.4 Å². The van der Waals surface area contributed by atoms with Crippen LogP contribution in [0.4, 0.5) is 5.00 Å². The van der Waals surface area contributed by atoms with E-state index >= 15 is 0 Å². The number of carbonyl (C=O) groups excluding carboxylic acids is 3. The molecule has 9 nitrogen and oxygen atoms in total. The fourth-order valence-corrected chi connectivity index (χ4v) is 6.77. The maximum absolute atomic E-state index is 13.3. The Balaban J connectivity index is 1.43. The van der Waals surface area contributed by atoms with Crippen LogP contribution < -0.4 is 10.6 Å². The quantitative estimate of drug-likeness (QED) is 0.211. The molecule has 2 amide bonds. The lowest BCUT2D eigenvalue weighted by molar-refractivity contribution is -0.120. The average molecular weight is 584 g/mol. The van der Waals surface area contributed by atoms with Crippen LogP contribution in [0.2, 0.25) is 0 Å². The minimum atomic E-state index is -0.487. The van der Waals surface area contributed by atoms with Crippen LogP contribution in [0, 0.1) is 0 Å². The fourth-order valence-electron chi connectivity index (χ4n) is 4.60. The summed E-state index contributed by atoms with van der Waals surface area (Å²) in [5.41, 5.74) is 2.47. The molecule has 0 fully saturated rings. The first-order valence-electron chi connectivity index (χ1n) is 13.9. The molecule has 1 aliphatic carbocycles. The summed E-state index contributed by atoms with van der Waals surface area (Å²) in [6.07, 6.45) is 6.04. The SMILES string of the molecule is CCCCn1c(CNC(=O)Cc2ccccc2)nnc1SC(C)C(=O)Nc1sc2c(c1C(=O)OCC)CCCC2. The zero-order valence-electron chi connectivity index (χ0n) is 23.3. The van der Waals surface area contributed by atoms with E-state index < -0.39 is 5.25 Å². The minimum Gasteiger partial charge on any atom is -0.462 e. The highest BCUT2D eigenvalue weighted by atomic mass is 32.2. The predicted octanol–water partition coefficient (Wildman–Crippen LogP) is 5.17. The standard InChI is InChI=1S/C29H37N5O4S2/c1-4-6-16-34-23(18-30-24(35)17-20-12-8-7-9-13-20)32-33-29(34)39-19(3)26(36)31-27-25(28(37)38-5-2)21-14-10-11-15-22(21)40-27/h7-9,12-13,19H,4-6,10-11,14-18H2,1-3H3,(H,30,35)(H,31,36). The van der Waals surface area contributed by atoms with Gasteiger partial charge in [-0.15, -0.1) is 21.5 Å². The normalized spacial score (nSPS) is 13.4. The Morgan fingerprint density at radius 3 is 2.65 bits per heavy atom. The lowest BCUT2D eigenvalue weighted by Crippen LogP contribution is -2.26. The molecule has 0 radical (unpaired) electrons. The van der Waals surface area contributed by atoms with Crippen molar-refractivity contribution in [3.8, 4) is 0 Å². The van der Waals surface area contributed by atoms with Gasteiger partial charge in [0.1, 0.15) is 5.00 Å². The molecule has 1 aromatic carbocycles. The Labute approximate surface area is 243 Å². The number of rotatable bonds is 13. The van der Waals surface area contributed by atoms with Gasteiger partial charge in [0.2, 0.25) is 11.8 Å². The van der Waals surface area contributed by atoms with Crippen LogP contribution in [0.5, 0.6) is 0 Å². The van der Waals surface area contributed by atoms with Crippen LogP contribution in [0.15, 0.2) is 35.5 Å². The number of nitrogens with one attached hydrogen (secondary N) is 2. The van der Waals surface area contributed by atoms with Crippen molar-refractivity contribution in [2.24, 2.45) is 0 Å². The molecule has 214 valence electrons. The number of esters is 1. The van der Waals surface area contributed by atoms with Gasteiger partial charge in [-0.25, -0.2) is 4.79 Å². The molecule has 1 aliphatic rings. The third-order valence-electron chi connectivity index (χ3n) is 6.72. The van der Waals surface area contributed by atoms with Gasteiger partial charge in [0.05, 0.1) is 30.4 Å². The number of aromatic nitrogens is 3. The second-order valence-corrected chi connectivity index (χ2v) is 12.1. The minimum absolute atomic E-state index is 0.0887. The largest absolute Gasteiger partial charge is 0.462 e. The van der Waals surface area contributed by atoms with Crippen molar-refractivity contribution in [2.45, 2.75) is 89.2 Å². The number of aryl methyl sites for hydroxylation is 1. The lowest BCUT2D eigenvalue weighted by atomic mass is 9.95. The smallest absolute Gasteiger partial charge is 0.341 e. The van der Waals surface area contributed by atoms with E-state index in [1.807, 2.05) is 41.8 Å². The van der Waals surface area contributed by atoms with Crippen molar-refractivity contribution < 1.29 is 19.1 Å². The summed E-state index contributed by atoms with van der Waals surface area (Å²) in [6.45, 7) is 6.94. The molecule has 1 atom stereocenters. The van der Waals surface area contributed by atoms with Crippen LogP contribution in [0.25, 0.3) is 0 Å². The van der Waals surface area contributed by atoms with Gasteiger partial charge in [-0.2, -0.15) is 0 Å². The van der Waals surface area contributed by atoms with E-state index in [2.05, 4.69) is 27.8 Å². The van der Waals surface area contributed by atoms with Crippen LogP contribution in [-0.2, 0) is 46.7 Å². The number of thiophene rings is 1. The first-order valence-corrected chi connectivity index (χ1v) is 15.6. The van der Waals surface area contributed by atoms with Crippen LogP contribution in [0.3, 0.4) is 0 Å². The highest BCUT2D eigenvalue weighted by molar-refractivity contribution is 8.00. The second kappa shape index (κ2) is 14.5. The van der Waals surface area contributed by atoms with Gasteiger partial charge in [-0.3, -0.25) is 9.59 Å². The maximum Gasteiger partial charge on any atom is 0.341 e. The first-order chi connectivity index (χ1) is 19.4. The topological polar surface area (TPSA) is 115 Å². The average Bonchev–Trinajstić information content (AvgIpc) is 3.51. The number of anilines is 1. The molecule has 1 unspecified atom stereocenters. The Morgan fingerprint density at radius 1 is 1.12 bits per heavy atom. The van der Waals surface area contributed by atoms with Gasteiger partial charge in [0.25, 0.3) is 0 Å². The van der Waals surface area contributed by atoms with Gasteiger partial charge in [0.15, 0.2) is 11.0 Å². The van der Waals surface area contributed by atoms with Gasteiger partial charge in [-0.1, -0.05) is 55.4 Å². The summed E-state index contributed by atoms with van der Waals surface area (Å²) in [6, 6.07) is 9.59. The molecule has 40 heavy (non-hydrogen) atoms. The number of fused-ring (bicyclic) bond motifs is 1. The number of ether oxygens (including phenoxy) is 1. The number of hydrogen-bond acceptors (Lipinski definition) is 8. The number of benzene rings is 1. The van der Waals surface area contributed by atoms with Gasteiger partial charge < -0.3 is 19.9 Å². The molecule has 0 aliphatic heterocycles. The Kier molecular flexibility index (Phi) is 10.8. The molecule has 2 N–H and O–H groups in total. The van der Waals surface area contributed by atoms with E-state index in [1.165, 1.54) is 23.1 Å².